The molecule has 1 amide bonds. The van der Waals surface area contributed by atoms with Gasteiger partial charge in [-0.05, 0) is 37.8 Å². The first-order valence-electron chi connectivity index (χ1n) is 8.05. The smallest absolute Gasteiger partial charge is 0.272 e. The molecule has 4 heteroatoms. The Labute approximate surface area is 129 Å². The van der Waals surface area contributed by atoms with Crippen molar-refractivity contribution in [3.8, 4) is 0 Å². The Morgan fingerprint density at radius 2 is 1.90 bits per heavy atom. The molecule has 0 fully saturated rings. The van der Waals surface area contributed by atoms with Gasteiger partial charge in [-0.2, -0.15) is 0 Å². The van der Waals surface area contributed by atoms with E-state index in [1.54, 1.807) is 6.07 Å². The second kappa shape index (κ2) is 8.65. The van der Waals surface area contributed by atoms with Crippen molar-refractivity contribution in [3.63, 3.8) is 0 Å². The number of nitrogens with one attached hydrogen (secondary N) is 1. The number of rotatable bonds is 8. The summed E-state index contributed by atoms with van der Waals surface area (Å²) in [7, 11) is 0. The number of nitrogens with zero attached hydrogens (tertiary/aromatic N) is 2. The summed E-state index contributed by atoms with van der Waals surface area (Å²) in [5, 5.41) is 3.16. The zero-order chi connectivity index (χ0) is 15.8. The summed E-state index contributed by atoms with van der Waals surface area (Å²) in [6.07, 6.45) is 1.95. The number of amides is 1. The first-order valence-corrected chi connectivity index (χ1v) is 8.05. The zero-order valence-electron chi connectivity index (χ0n) is 14.0. The van der Waals surface area contributed by atoms with Crippen molar-refractivity contribution >= 4 is 11.7 Å². The lowest BCUT2D eigenvalue weighted by molar-refractivity contribution is 0.0634. The van der Waals surface area contributed by atoms with Crippen molar-refractivity contribution in [1.29, 1.82) is 0 Å². The van der Waals surface area contributed by atoms with Crippen LogP contribution in [0.5, 0.6) is 0 Å². The number of anilines is 1. The highest BCUT2D eigenvalue weighted by Gasteiger charge is 2.24. The van der Waals surface area contributed by atoms with Gasteiger partial charge in [0.05, 0.1) is 0 Å². The Morgan fingerprint density at radius 1 is 1.24 bits per heavy atom. The van der Waals surface area contributed by atoms with Crippen LogP contribution < -0.4 is 5.32 Å². The third-order valence-electron chi connectivity index (χ3n) is 3.53. The molecule has 1 N–H and O–H groups in total. The van der Waals surface area contributed by atoms with Crippen LogP contribution in [0.15, 0.2) is 18.2 Å². The van der Waals surface area contributed by atoms with Crippen LogP contribution >= 0.6 is 0 Å². The summed E-state index contributed by atoms with van der Waals surface area (Å²) in [5.41, 5.74) is 0.529. The Hall–Kier alpha value is -1.58. The van der Waals surface area contributed by atoms with E-state index in [0.717, 1.165) is 31.7 Å². The highest BCUT2D eigenvalue weighted by atomic mass is 16.2. The zero-order valence-corrected chi connectivity index (χ0v) is 14.0. The molecule has 21 heavy (non-hydrogen) atoms. The van der Waals surface area contributed by atoms with Crippen LogP contribution in [-0.4, -0.2) is 34.9 Å². The Balaban J connectivity index is 3.00. The van der Waals surface area contributed by atoms with Gasteiger partial charge in [-0.15, -0.1) is 0 Å². The Morgan fingerprint density at radius 3 is 2.43 bits per heavy atom. The summed E-state index contributed by atoms with van der Waals surface area (Å²) in [6, 6.07) is 5.87. The normalized spacial score (nSPS) is 11.0. The van der Waals surface area contributed by atoms with Crippen LogP contribution in [0.25, 0.3) is 0 Å². The van der Waals surface area contributed by atoms with Gasteiger partial charge in [0.2, 0.25) is 0 Å². The molecule has 0 aromatic carbocycles. The minimum atomic E-state index is 0.0390. The molecule has 0 unspecified atom stereocenters. The van der Waals surface area contributed by atoms with Crippen LogP contribution in [0.2, 0.25) is 0 Å². The van der Waals surface area contributed by atoms with E-state index in [0.29, 0.717) is 11.6 Å². The maximum absolute atomic E-state index is 12.8. The fraction of sp³-hybridized carbons (Fsp3) is 0.647. The molecule has 1 heterocycles. The van der Waals surface area contributed by atoms with E-state index < -0.39 is 0 Å². The van der Waals surface area contributed by atoms with Crippen molar-refractivity contribution in [2.45, 2.75) is 53.5 Å². The molecule has 1 rings (SSSR count). The average Bonchev–Trinajstić information content (AvgIpc) is 2.47. The van der Waals surface area contributed by atoms with Crippen LogP contribution in [0.3, 0.4) is 0 Å². The number of pyridine rings is 1. The summed E-state index contributed by atoms with van der Waals surface area (Å²) in [6.45, 7) is 12.2. The van der Waals surface area contributed by atoms with Gasteiger partial charge >= 0.3 is 0 Å². The maximum Gasteiger partial charge on any atom is 0.272 e. The van der Waals surface area contributed by atoms with E-state index in [2.05, 4.69) is 38.0 Å². The lowest BCUT2D eigenvalue weighted by atomic mass is 10.1. The van der Waals surface area contributed by atoms with E-state index in [1.807, 2.05) is 24.0 Å². The molecule has 0 saturated carbocycles. The van der Waals surface area contributed by atoms with Gasteiger partial charge in [-0.3, -0.25) is 4.79 Å². The Kier molecular flexibility index (Phi) is 7.20. The van der Waals surface area contributed by atoms with E-state index in [4.69, 9.17) is 0 Å². The third kappa shape index (κ3) is 5.03. The van der Waals surface area contributed by atoms with Crippen LogP contribution in [0.4, 0.5) is 5.82 Å². The number of carbonyl (C=O) groups excluding carboxylic acids is 1. The largest absolute Gasteiger partial charge is 0.370 e. The molecule has 1 aromatic heterocycles. The lowest BCUT2D eigenvalue weighted by Crippen LogP contribution is -2.42. The quantitative estimate of drug-likeness (QED) is 0.792. The van der Waals surface area contributed by atoms with Crippen molar-refractivity contribution in [2.75, 3.05) is 18.4 Å². The minimum Gasteiger partial charge on any atom is -0.370 e. The van der Waals surface area contributed by atoms with Crippen LogP contribution in [-0.2, 0) is 0 Å². The molecule has 118 valence electrons. The van der Waals surface area contributed by atoms with Gasteiger partial charge in [0.25, 0.3) is 5.91 Å². The standard InChI is InChI=1S/C17H29N3O/c1-6-14(7-2)20(12-13(4)5)17(21)15-10-9-11-16(19-15)18-8-3/h9-11,13-14H,6-8,12H2,1-5H3,(H,18,19). The molecule has 0 atom stereocenters. The van der Waals surface area contributed by atoms with Gasteiger partial charge in [0.1, 0.15) is 11.5 Å². The van der Waals surface area contributed by atoms with Gasteiger partial charge in [0, 0.05) is 19.1 Å². The van der Waals surface area contributed by atoms with E-state index in [-0.39, 0.29) is 11.9 Å². The molecule has 0 saturated heterocycles. The van der Waals surface area contributed by atoms with E-state index in [9.17, 15) is 4.79 Å². The molecule has 0 aliphatic carbocycles. The molecule has 0 aliphatic heterocycles. The Bertz CT molecular complexity index is 441. The molecule has 0 spiro atoms. The maximum atomic E-state index is 12.8. The topological polar surface area (TPSA) is 45.2 Å². The highest BCUT2D eigenvalue weighted by molar-refractivity contribution is 5.93. The van der Waals surface area contributed by atoms with Crippen molar-refractivity contribution in [1.82, 2.24) is 9.88 Å². The molecular formula is C17H29N3O. The summed E-state index contributed by atoms with van der Waals surface area (Å²) in [5.74, 6) is 1.25. The number of carbonyl (C=O) groups is 1. The van der Waals surface area contributed by atoms with Crippen molar-refractivity contribution in [2.24, 2.45) is 5.92 Å². The molecule has 0 bridgehead atoms. The number of aromatic nitrogens is 1. The van der Waals surface area contributed by atoms with Gasteiger partial charge in [0.15, 0.2) is 0 Å². The van der Waals surface area contributed by atoms with E-state index >= 15 is 0 Å². The minimum absolute atomic E-state index is 0.0390. The van der Waals surface area contributed by atoms with E-state index in [1.165, 1.54) is 0 Å². The predicted octanol–water partition coefficient (Wildman–Crippen LogP) is 3.80. The highest BCUT2D eigenvalue weighted by Crippen LogP contribution is 2.16. The first-order chi connectivity index (χ1) is 10.0. The molecule has 0 radical (unpaired) electrons. The number of hydrogen-bond acceptors (Lipinski definition) is 3. The van der Waals surface area contributed by atoms with Crippen molar-refractivity contribution < 1.29 is 4.79 Å². The van der Waals surface area contributed by atoms with Crippen molar-refractivity contribution in [3.05, 3.63) is 23.9 Å². The summed E-state index contributed by atoms with van der Waals surface area (Å²) >= 11 is 0. The first kappa shape index (κ1) is 17.5. The van der Waals surface area contributed by atoms with Crippen LogP contribution in [0.1, 0.15) is 57.9 Å². The SMILES string of the molecule is CCNc1cccc(C(=O)N(CC(C)C)C(CC)CC)n1. The summed E-state index contributed by atoms with van der Waals surface area (Å²) < 4.78 is 0. The second-order valence-electron chi connectivity index (χ2n) is 5.76. The van der Waals surface area contributed by atoms with Gasteiger partial charge < -0.3 is 10.2 Å². The predicted molar refractivity (Wildman–Crippen MR) is 88.6 cm³/mol. The molecule has 1 aromatic rings. The monoisotopic (exact) mass is 291 g/mol. The van der Waals surface area contributed by atoms with Crippen LogP contribution in [0, 0.1) is 5.92 Å². The molecular weight excluding hydrogens is 262 g/mol. The molecule has 0 aliphatic rings. The molecule has 4 nitrogen and oxygen atoms in total. The third-order valence-corrected chi connectivity index (χ3v) is 3.53. The average molecular weight is 291 g/mol. The fourth-order valence-electron chi connectivity index (χ4n) is 2.50. The van der Waals surface area contributed by atoms with Gasteiger partial charge in [-0.1, -0.05) is 33.8 Å². The lowest BCUT2D eigenvalue weighted by Gasteiger charge is -2.32. The summed E-state index contributed by atoms with van der Waals surface area (Å²) in [4.78, 5) is 19.3. The van der Waals surface area contributed by atoms with Gasteiger partial charge in [-0.25, -0.2) is 4.98 Å². The second-order valence-corrected chi connectivity index (χ2v) is 5.76. The fourth-order valence-corrected chi connectivity index (χ4v) is 2.50. The number of hydrogen-bond donors (Lipinski definition) is 1.